The summed E-state index contributed by atoms with van der Waals surface area (Å²) >= 11 is 0. The molecule has 6 heteroatoms. The highest BCUT2D eigenvalue weighted by molar-refractivity contribution is 5.87. The number of phenols is 1. The van der Waals surface area contributed by atoms with E-state index in [9.17, 15) is 18.3 Å². The fourth-order valence-electron chi connectivity index (χ4n) is 2.30. The SMILES string of the molecule is Oc1cccc2c(COc3ccccc3C(F)(F)F)c[nH]c12. The van der Waals surface area contributed by atoms with Gasteiger partial charge in [-0.15, -0.1) is 0 Å². The Morgan fingerprint density at radius 2 is 1.82 bits per heavy atom. The van der Waals surface area contributed by atoms with E-state index >= 15 is 0 Å². The zero-order chi connectivity index (χ0) is 15.7. The molecule has 0 saturated carbocycles. The predicted molar refractivity (Wildman–Crippen MR) is 75.7 cm³/mol. The fraction of sp³-hybridized carbons (Fsp3) is 0.125. The van der Waals surface area contributed by atoms with Gasteiger partial charge >= 0.3 is 6.18 Å². The molecule has 1 heterocycles. The zero-order valence-electron chi connectivity index (χ0n) is 11.3. The van der Waals surface area contributed by atoms with Gasteiger partial charge in [-0.3, -0.25) is 0 Å². The van der Waals surface area contributed by atoms with Crippen molar-refractivity contribution in [3.05, 3.63) is 59.8 Å². The average Bonchev–Trinajstić information content (AvgIpc) is 2.89. The first kappa shape index (κ1) is 14.3. The Hall–Kier alpha value is -2.63. The summed E-state index contributed by atoms with van der Waals surface area (Å²) in [7, 11) is 0. The lowest BCUT2D eigenvalue weighted by atomic mass is 10.1. The van der Waals surface area contributed by atoms with Crippen LogP contribution in [0, 0.1) is 0 Å². The second-order valence-corrected chi connectivity index (χ2v) is 4.80. The van der Waals surface area contributed by atoms with Crippen LogP contribution in [-0.2, 0) is 12.8 Å². The minimum atomic E-state index is -4.46. The number of aromatic hydroxyl groups is 1. The number of hydrogen-bond donors (Lipinski definition) is 2. The third kappa shape index (κ3) is 2.59. The van der Waals surface area contributed by atoms with Gasteiger partial charge in [0.05, 0.1) is 11.1 Å². The Bertz CT molecular complexity index is 809. The van der Waals surface area contributed by atoms with Gasteiger partial charge in [0.25, 0.3) is 0 Å². The van der Waals surface area contributed by atoms with Crippen molar-refractivity contribution in [3.63, 3.8) is 0 Å². The number of nitrogens with one attached hydrogen (secondary N) is 1. The molecule has 1 aromatic heterocycles. The fourth-order valence-corrected chi connectivity index (χ4v) is 2.30. The molecule has 0 aliphatic rings. The topological polar surface area (TPSA) is 45.2 Å². The molecule has 0 aliphatic carbocycles. The number of benzene rings is 2. The molecule has 114 valence electrons. The number of aromatic amines is 1. The zero-order valence-corrected chi connectivity index (χ0v) is 11.3. The molecule has 0 bridgehead atoms. The number of fused-ring (bicyclic) bond motifs is 1. The maximum atomic E-state index is 12.9. The summed E-state index contributed by atoms with van der Waals surface area (Å²) in [5.41, 5.74) is 0.394. The molecular weight excluding hydrogens is 295 g/mol. The molecule has 2 N–H and O–H groups in total. The summed E-state index contributed by atoms with van der Waals surface area (Å²) in [5.74, 6) is -0.135. The van der Waals surface area contributed by atoms with Crippen molar-refractivity contribution in [3.8, 4) is 11.5 Å². The smallest absolute Gasteiger partial charge is 0.419 e. The van der Waals surface area contributed by atoms with E-state index in [0.717, 1.165) is 6.07 Å². The van der Waals surface area contributed by atoms with Gasteiger partial charge in [-0.1, -0.05) is 24.3 Å². The third-order valence-electron chi connectivity index (χ3n) is 3.35. The van der Waals surface area contributed by atoms with E-state index in [0.29, 0.717) is 16.5 Å². The maximum Gasteiger partial charge on any atom is 0.419 e. The van der Waals surface area contributed by atoms with E-state index in [1.807, 2.05) is 0 Å². The van der Waals surface area contributed by atoms with Crippen LogP contribution in [0.3, 0.4) is 0 Å². The van der Waals surface area contributed by atoms with Crippen LogP contribution in [-0.4, -0.2) is 10.1 Å². The lowest BCUT2D eigenvalue weighted by Crippen LogP contribution is -2.08. The number of H-pyrrole nitrogens is 1. The minimum absolute atomic E-state index is 0.0312. The van der Waals surface area contributed by atoms with Crippen molar-refractivity contribution in [2.45, 2.75) is 12.8 Å². The van der Waals surface area contributed by atoms with E-state index in [2.05, 4.69) is 4.98 Å². The number of rotatable bonds is 3. The van der Waals surface area contributed by atoms with Gasteiger partial charge in [0.1, 0.15) is 18.1 Å². The number of aromatic nitrogens is 1. The normalized spacial score (nSPS) is 11.8. The van der Waals surface area contributed by atoms with Crippen molar-refractivity contribution in [2.24, 2.45) is 0 Å². The standard InChI is InChI=1S/C16H12F3NO2/c17-16(18,19)12-5-1-2-7-14(12)22-9-10-8-20-15-11(10)4-3-6-13(15)21/h1-8,20-21H,9H2. The molecule has 0 unspecified atom stereocenters. The molecule has 22 heavy (non-hydrogen) atoms. The maximum absolute atomic E-state index is 12.9. The molecule has 0 saturated heterocycles. The highest BCUT2D eigenvalue weighted by atomic mass is 19.4. The molecule has 0 aliphatic heterocycles. The average molecular weight is 307 g/mol. The molecule has 0 atom stereocenters. The van der Waals surface area contributed by atoms with Crippen molar-refractivity contribution in [1.82, 2.24) is 4.98 Å². The molecule has 0 spiro atoms. The molecule has 3 rings (SSSR count). The molecule has 0 amide bonds. The summed E-state index contributed by atoms with van der Waals surface area (Å²) in [6, 6.07) is 10.0. The highest BCUT2D eigenvalue weighted by Crippen LogP contribution is 2.36. The van der Waals surface area contributed by atoms with E-state index in [-0.39, 0.29) is 18.1 Å². The van der Waals surface area contributed by atoms with E-state index in [4.69, 9.17) is 4.74 Å². The van der Waals surface area contributed by atoms with Gasteiger partial charge in [0, 0.05) is 17.1 Å². The Labute approximate surface area is 124 Å². The first-order valence-corrected chi connectivity index (χ1v) is 6.54. The van der Waals surface area contributed by atoms with Crippen molar-refractivity contribution >= 4 is 10.9 Å². The van der Waals surface area contributed by atoms with Crippen molar-refractivity contribution in [2.75, 3.05) is 0 Å². The van der Waals surface area contributed by atoms with Crippen LogP contribution < -0.4 is 4.74 Å². The van der Waals surface area contributed by atoms with Crippen LogP contribution in [0.2, 0.25) is 0 Å². The summed E-state index contributed by atoms with van der Waals surface area (Å²) in [6.45, 7) is -0.0312. The third-order valence-corrected chi connectivity index (χ3v) is 3.35. The van der Waals surface area contributed by atoms with Crippen molar-refractivity contribution in [1.29, 1.82) is 0 Å². The molecule has 2 aromatic carbocycles. The van der Waals surface area contributed by atoms with Gasteiger partial charge in [-0.05, 0) is 18.2 Å². The highest BCUT2D eigenvalue weighted by Gasteiger charge is 2.34. The van der Waals surface area contributed by atoms with Gasteiger partial charge in [0.15, 0.2) is 0 Å². The van der Waals surface area contributed by atoms with Crippen LogP contribution in [0.5, 0.6) is 11.5 Å². The Kier molecular flexibility index (Phi) is 3.44. The first-order chi connectivity index (χ1) is 10.5. The quantitative estimate of drug-likeness (QED) is 0.750. The second kappa shape index (κ2) is 5.29. The van der Waals surface area contributed by atoms with Gasteiger partial charge in [0.2, 0.25) is 0 Å². The lowest BCUT2D eigenvalue weighted by molar-refractivity contribution is -0.139. The molecule has 3 nitrogen and oxygen atoms in total. The predicted octanol–water partition coefficient (Wildman–Crippen LogP) is 4.47. The molecule has 0 radical (unpaired) electrons. The van der Waals surface area contributed by atoms with E-state index in [1.54, 1.807) is 18.3 Å². The molecule has 0 fully saturated rings. The lowest BCUT2D eigenvalue weighted by Gasteiger charge is -2.13. The Morgan fingerprint density at radius 3 is 2.59 bits per heavy atom. The van der Waals surface area contributed by atoms with Crippen LogP contribution in [0.1, 0.15) is 11.1 Å². The number of hydrogen-bond acceptors (Lipinski definition) is 2. The summed E-state index contributed by atoms with van der Waals surface area (Å²) in [4.78, 5) is 2.89. The van der Waals surface area contributed by atoms with Gasteiger partial charge in [-0.25, -0.2) is 0 Å². The van der Waals surface area contributed by atoms with Gasteiger partial charge in [-0.2, -0.15) is 13.2 Å². The van der Waals surface area contributed by atoms with E-state index < -0.39 is 11.7 Å². The Balaban J connectivity index is 1.88. The Morgan fingerprint density at radius 1 is 1.05 bits per heavy atom. The number of phenolic OH excluding ortho intramolecular Hbond substituents is 1. The number of halogens is 3. The number of alkyl halides is 3. The summed E-state index contributed by atoms with van der Waals surface area (Å²) in [6.07, 6.45) is -2.85. The van der Waals surface area contributed by atoms with Gasteiger partial charge < -0.3 is 14.8 Å². The van der Waals surface area contributed by atoms with Crippen LogP contribution >= 0.6 is 0 Å². The summed E-state index contributed by atoms with van der Waals surface area (Å²) in [5, 5.41) is 10.4. The molecule has 3 aromatic rings. The number of ether oxygens (including phenoxy) is 1. The largest absolute Gasteiger partial charge is 0.506 e. The summed E-state index contributed by atoms with van der Waals surface area (Å²) < 4.78 is 44.0. The first-order valence-electron chi connectivity index (χ1n) is 6.54. The van der Waals surface area contributed by atoms with E-state index in [1.165, 1.54) is 24.3 Å². The second-order valence-electron chi connectivity index (χ2n) is 4.80. The minimum Gasteiger partial charge on any atom is -0.506 e. The van der Waals surface area contributed by atoms with Crippen molar-refractivity contribution < 1.29 is 23.0 Å². The molecular formula is C16H12F3NO2. The number of para-hydroxylation sites is 2. The van der Waals surface area contributed by atoms with Crippen LogP contribution in [0.25, 0.3) is 10.9 Å². The van der Waals surface area contributed by atoms with Crippen LogP contribution in [0.15, 0.2) is 48.7 Å². The monoisotopic (exact) mass is 307 g/mol. The van der Waals surface area contributed by atoms with Crippen LogP contribution in [0.4, 0.5) is 13.2 Å².